The van der Waals surface area contributed by atoms with Crippen LogP contribution in [-0.4, -0.2) is 22.1 Å². The SMILES string of the molecule is Cc1ccc(/C(CC(O)/C=C/c2ccccc2)=N/O)cc1. The molecule has 0 radical (unpaired) electrons. The zero-order valence-corrected chi connectivity index (χ0v) is 12.0. The Hall–Kier alpha value is -2.39. The van der Waals surface area contributed by atoms with Crippen LogP contribution in [0.1, 0.15) is 23.1 Å². The number of hydrogen-bond donors (Lipinski definition) is 2. The average molecular weight is 281 g/mol. The fourth-order valence-corrected chi connectivity index (χ4v) is 2.01. The van der Waals surface area contributed by atoms with E-state index in [2.05, 4.69) is 5.16 Å². The van der Waals surface area contributed by atoms with Crippen molar-refractivity contribution in [3.05, 3.63) is 77.4 Å². The molecule has 3 heteroatoms. The molecule has 0 saturated heterocycles. The maximum atomic E-state index is 10.0. The van der Waals surface area contributed by atoms with Gasteiger partial charge in [0.25, 0.3) is 0 Å². The van der Waals surface area contributed by atoms with E-state index in [1.54, 1.807) is 6.08 Å². The van der Waals surface area contributed by atoms with Crippen LogP contribution in [0.2, 0.25) is 0 Å². The second-order valence-corrected chi connectivity index (χ2v) is 4.95. The predicted molar refractivity (Wildman–Crippen MR) is 85.6 cm³/mol. The molecular weight excluding hydrogens is 262 g/mol. The van der Waals surface area contributed by atoms with Crippen LogP contribution < -0.4 is 0 Å². The molecule has 108 valence electrons. The molecule has 1 atom stereocenters. The summed E-state index contributed by atoms with van der Waals surface area (Å²) in [6.45, 7) is 2.00. The van der Waals surface area contributed by atoms with E-state index in [9.17, 15) is 5.11 Å². The number of aliphatic hydroxyl groups excluding tert-OH is 1. The normalized spacial score (nSPS) is 13.5. The van der Waals surface area contributed by atoms with E-state index < -0.39 is 6.10 Å². The van der Waals surface area contributed by atoms with Crippen LogP contribution in [0.3, 0.4) is 0 Å². The van der Waals surface area contributed by atoms with E-state index in [0.717, 1.165) is 16.7 Å². The van der Waals surface area contributed by atoms with Crippen LogP contribution in [-0.2, 0) is 0 Å². The van der Waals surface area contributed by atoms with Crippen LogP contribution in [0.4, 0.5) is 0 Å². The third kappa shape index (κ3) is 4.58. The van der Waals surface area contributed by atoms with Crippen molar-refractivity contribution in [2.75, 3.05) is 0 Å². The highest BCUT2D eigenvalue weighted by Crippen LogP contribution is 2.11. The Morgan fingerprint density at radius 1 is 1.10 bits per heavy atom. The van der Waals surface area contributed by atoms with E-state index in [4.69, 9.17) is 5.21 Å². The van der Waals surface area contributed by atoms with Gasteiger partial charge in [-0.25, -0.2) is 0 Å². The molecule has 0 aliphatic rings. The number of benzene rings is 2. The Balaban J connectivity index is 2.02. The fourth-order valence-electron chi connectivity index (χ4n) is 2.01. The average Bonchev–Trinajstić information content (AvgIpc) is 2.52. The Kier molecular flexibility index (Phi) is 5.29. The van der Waals surface area contributed by atoms with Gasteiger partial charge in [-0.15, -0.1) is 0 Å². The van der Waals surface area contributed by atoms with Gasteiger partial charge in [-0.3, -0.25) is 0 Å². The third-order valence-corrected chi connectivity index (χ3v) is 3.22. The number of oxime groups is 1. The largest absolute Gasteiger partial charge is 0.411 e. The van der Waals surface area contributed by atoms with Gasteiger partial charge in [0, 0.05) is 6.42 Å². The van der Waals surface area contributed by atoms with Crippen molar-refractivity contribution in [1.29, 1.82) is 0 Å². The Morgan fingerprint density at radius 2 is 1.76 bits per heavy atom. The fraction of sp³-hybridized carbons (Fsp3) is 0.167. The second kappa shape index (κ2) is 7.41. The Morgan fingerprint density at radius 3 is 2.38 bits per heavy atom. The van der Waals surface area contributed by atoms with Crippen LogP contribution in [0, 0.1) is 6.92 Å². The number of nitrogens with zero attached hydrogens (tertiary/aromatic N) is 1. The molecule has 0 spiro atoms. The minimum absolute atomic E-state index is 0.267. The lowest BCUT2D eigenvalue weighted by atomic mass is 10.0. The summed E-state index contributed by atoms with van der Waals surface area (Å²) < 4.78 is 0. The second-order valence-electron chi connectivity index (χ2n) is 4.95. The minimum Gasteiger partial charge on any atom is -0.411 e. The van der Waals surface area contributed by atoms with Crippen molar-refractivity contribution in [3.63, 3.8) is 0 Å². The molecule has 0 bridgehead atoms. The van der Waals surface area contributed by atoms with E-state index in [-0.39, 0.29) is 6.42 Å². The molecule has 0 aromatic heterocycles. The summed E-state index contributed by atoms with van der Waals surface area (Å²) in [4.78, 5) is 0. The molecular formula is C18H19NO2. The summed E-state index contributed by atoms with van der Waals surface area (Å²) in [7, 11) is 0. The highest BCUT2D eigenvalue weighted by atomic mass is 16.4. The van der Waals surface area contributed by atoms with Crippen molar-refractivity contribution in [1.82, 2.24) is 0 Å². The van der Waals surface area contributed by atoms with Crippen LogP contribution >= 0.6 is 0 Å². The zero-order chi connectivity index (χ0) is 15.1. The van der Waals surface area contributed by atoms with Crippen LogP contribution in [0.15, 0.2) is 65.8 Å². The van der Waals surface area contributed by atoms with Crippen molar-refractivity contribution in [2.24, 2.45) is 5.16 Å². The highest BCUT2D eigenvalue weighted by molar-refractivity contribution is 6.00. The van der Waals surface area contributed by atoms with E-state index in [1.807, 2.05) is 67.6 Å². The number of aliphatic hydroxyl groups is 1. The molecule has 2 N–H and O–H groups in total. The standard InChI is InChI=1S/C18H19NO2/c1-14-7-10-16(11-8-14)18(19-21)13-17(20)12-9-15-5-3-2-4-6-15/h2-12,17,20-21H,13H2,1H3/b12-9+,19-18+. The summed E-state index contributed by atoms with van der Waals surface area (Å²) in [6, 6.07) is 17.4. The molecule has 2 aromatic rings. The molecule has 2 rings (SSSR count). The summed E-state index contributed by atoms with van der Waals surface area (Å²) in [5.41, 5.74) is 3.45. The summed E-state index contributed by atoms with van der Waals surface area (Å²) in [5.74, 6) is 0. The maximum absolute atomic E-state index is 10.0. The molecule has 0 heterocycles. The molecule has 1 unspecified atom stereocenters. The minimum atomic E-state index is -0.697. The summed E-state index contributed by atoms with van der Waals surface area (Å²) in [5, 5.41) is 22.5. The van der Waals surface area contributed by atoms with E-state index >= 15 is 0 Å². The quantitative estimate of drug-likeness (QED) is 0.499. The molecule has 0 fully saturated rings. The topological polar surface area (TPSA) is 52.8 Å². The van der Waals surface area contributed by atoms with Crippen LogP contribution in [0.25, 0.3) is 6.08 Å². The van der Waals surface area contributed by atoms with Gasteiger partial charge >= 0.3 is 0 Å². The number of rotatable bonds is 5. The molecule has 0 aliphatic heterocycles. The predicted octanol–water partition coefficient (Wildman–Crippen LogP) is 3.64. The smallest absolute Gasteiger partial charge is 0.0896 e. The zero-order valence-electron chi connectivity index (χ0n) is 12.0. The highest BCUT2D eigenvalue weighted by Gasteiger charge is 2.09. The first-order valence-electron chi connectivity index (χ1n) is 6.88. The van der Waals surface area contributed by atoms with E-state index in [0.29, 0.717) is 5.71 Å². The first-order valence-corrected chi connectivity index (χ1v) is 6.88. The van der Waals surface area contributed by atoms with E-state index in [1.165, 1.54) is 0 Å². The number of aryl methyl sites for hydroxylation is 1. The number of hydrogen-bond acceptors (Lipinski definition) is 3. The first-order chi connectivity index (χ1) is 10.2. The van der Waals surface area contributed by atoms with Crippen LogP contribution in [0.5, 0.6) is 0 Å². The molecule has 2 aromatic carbocycles. The maximum Gasteiger partial charge on any atom is 0.0896 e. The van der Waals surface area contributed by atoms with Crippen molar-refractivity contribution < 1.29 is 10.3 Å². The van der Waals surface area contributed by atoms with Gasteiger partial charge in [0.15, 0.2) is 0 Å². The third-order valence-electron chi connectivity index (χ3n) is 3.22. The Labute approximate surface area is 124 Å². The Bertz CT molecular complexity index is 615. The van der Waals surface area contributed by atoms with Crippen molar-refractivity contribution in [2.45, 2.75) is 19.4 Å². The summed E-state index contributed by atoms with van der Waals surface area (Å²) >= 11 is 0. The molecule has 0 saturated carbocycles. The lowest BCUT2D eigenvalue weighted by molar-refractivity contribution is 0.229. The molecule has 0 aliphatic carbocycles. The molecule has 0 amide bonds. The monoisotopic (exact) mass is 281 g/mol. The van der Waals surface area contributed by atoms with Gasteiger partial charge in [-0.05, 0) is 18.1 Å². The van der Waals surface area contributed by atoms with Gasteiger partial charge in [-0.2, -0.15) is 0 Å². The summed E-state index contributed by atoms with van der Waals surface area (Å²) in [6.07, 6.45) is 3.13. The van der Waals surface area contributed by atoms with Gasteiger partial charge in [0.2, 0.25) is 0 Å². The first kappa shape index (κ1) is 15.0. The van der Waals surface area contributed by atoms with Gasteiger partial charge < -0.3 is 10.3 Å². The molecule has 3 nitrogen and oxygen atoms in total. The van der Waals surface area contributed by atoms with Gasteiger partial charge in [0.1, 0.15) is 0 Å². The molecule has 21 heavy (non-hydrogen) atoms. The lowest BCUT2D eigenvalue weighted by Gasteiger charge is -2.08. The van der Waals surface area contributed by atoms with Gasteiger partial charge in [0.05, 0.1) is 11.8 Å². The van der Waals surface area contributed by atoms with Crippen molar-refractivity contribution in [3.8, 4) is 0 Å². The lowest BCUT2D eigenvalue weighted by Crippen LogP contribution is -2.12. The van der Waals surface area contributed by atoms with Gasteiger partial charge in [-0.1, -0.05) is 77.5 Å². The van der Waals surface area contributed by atoms with Crippen molar-refractivity contribution >= 4 is 11.8 Å².